The van der Waals surface area contributed by atoms with Crippen LogP contribution < -0.4 is 5.69 Å². The summed E-state index contributed by atoms with van der Waals surface area (Å²) in [6.45, 7) is 1.56. The van der Waals surface area contributed by atoms with E-state index in [1.165, 1.54) is 19.3 Å². The van der Waals surface area contributed by atoms with Crippen LogP contribution in [0.15, 0.2) is 29.1 Å². The van der Waals surface area contributed by atoms with Crippen LogP contribution in [0, 0.1) is 17.8 Å². The molecule has 0 radical (unpaired) electrons. The molecule has 3 fully saturated rings. The molecular formula is C20H25N3O2. The number of imidazole rings is 1. The summed E-state index contributed by atoms with van der Waals surface area (Å²) in [6.07, 6.45) is 6.72. The Balaban J connectivity index is 1.30. The van der Waals surface area contributed by atoms with Crippen LogP contribution in [0.2, 0.25) is 0 Å². The Morgan fingerprint density at radius 1 is 1.04 bits per heavy atom. The Morgan fingerprint density at radius 2 is 1.84 bits per heavy atom. The molecule has 25 heavy (non-hydrogen) atoms. The Labute approximate surface area is 147 Å². The molecule has 3 aliphatic rings. The number of nitrogens with one attached hydrogen (secondary N) is 1. The number of carbonyl (C=O) groups excluding carboxylic acids is 1. The molecule has 2 aliphatic carbocycles. The average Bonchev–Trinajstić information content (AvgIpc) is 3.34. The predicted octanol–water partition coefficient (Wildman–Crippen LogP) is 2.93. The SMILES string of the molecule is O=C(C1CC2CCC1C2)N1CCC(n2c(=O)[nH]c3ccccc32)CC1. The maximum atomic E-state index is 12.9. The lowest BCUT2D eigenvalue weighted by atomic mass is 9.87. The lowest BCUT2D eigenvalue weighted by Gasteiger charge is -2.35. The van der Waals surface area contributed by atoms with Gasteiger partial charge in [-0.2, -0.15) is 0 Å². The van der Waals surface area contributed by atoms with E-state index in [-0.39, 0.29) is 17.6 Å². The fourth-order valence-electron chi connectivity index (χ4n) is 5.56. The van der Waals surface area contributed by atoms with Crippen molar-refractivity contribution in [2.75, 3.05) is 13.1 Å². The normalized spacial score (nSPS) is 29.6. The minimum atomic E-state index is -0.0286. The molecule has 1 amide bonds. The van der Waals surface area contributed by atoms with Crippen LogP contribution in [0.3, 0.4) is 0 Å². The number of H-pyrrole nitrogens is 1. The van der Waals surface area contributed by atoms with Crippen LogP contribution in [-0.4, -0.2) is 33.4 Å². The summed E-state index contributed by atoms with van der Waals surface area (Å²) < 4.78 is 1.90. The summed E-state index contributed by atoms with van der Waals surface area (Å²) in [7, 11) is 0. The van der Waals surface area contributed by atoms with Crippen molar-refractivity contribution in [1.82, 2.24) is 14.5 Å². The van der Waals surface area contributed by atoms with Crippen molar-refractivity contribution in [3.63, 3.8) is 0 Å². The van der Waals surface area contributed by atoms with E-state index in [1.54, 1.807) is 0 Å². The fourth-order valence-corrected chi connectivity index (χ4v) is 5.56. The molecule has 1 aliphatic heterocycles. The zero-order valence-corrected chi connectivity index (χ0v) is 14.5. The van der Waals surface area contributed by atoms with Crippen LogP contribution in [0.4, 0.5) is 0 Å². The van der Waals surface area contributed by atoms with E-state index in [4.69, 9.17) is 0 Å². The topological polar surface area (TPSA) is 58.1 Å². The maximum Gasteiger partial charge on any atom is 0.326 e. The summed E-state index contributed by atoms with van der Waals surface area (Å²) in [5.41, 5.74) is 1.84. The molecule has 2 heterocycles. The zero-order valence-electron chi connectivity index (χ0n) is 14.5. The number of benzene rings is 1. The van der Waals surface area contributed by atoms with Gasteiger partial charge in [0.05, 0.1) is 11.0 Å². The molecule has 2 bridgehead atoms. The predicted molar refractivity (Wildman–Crippen MR) is 96.3 cm³/mol. The lowest BCUT2D eigenvalue weighted by Crippen LogP contribution is -2.44. The first-order chi connectivity index (χ1) is 12.2. The monoisotopic (exact) mass is 339 g/mol. The molecule has 2 saturated carbocycles. The van der Waals surface area contributed by atoms with Crippen molar-refractivity contribution in [3.05, 3.63) is 34.7 Å². The van der Waals surface area contributed by atoms with E-state index in [1.807, 2.05) is 28.8 Å². The van der Waals surface area contributed by atoms with E-state index in [0.717, 1.165) is 49.3 Å². The number of hydrogen-bond donors (Lipinski definition) is 1. The van der Waals surface area contributed by atoms with Crippen molar-refractivity contribution in [1.29, 1.82) is 0 Å². The van der Waals surface area contributed by atoms with Crippen molar-refractivity contribution < 1.29 is 4.79 Å². The first-order valence-corrected chi connectivity index (χ1v) is 9.69. The highest BCUT2D eigenvalue weighted by atomic mass is 16.2. The van der Waals surface area contributed by atoms with Gasteiger partial charge in [0.15, 0.2) is 0 Å². The van der Waals surface area contributed by atoms with Gasteiger partial charge in [-0.05, 0) is 56.1 Å². The minimum Gasteiger partial charge on any atom is -0.342 e. The summed E-state index contributed by atoms with van der Waals surface area (Å²) in [6, 6.07) is 8.05. The van der Waals surface area contributed by atoms with E-state index in [2.05, 4.69) is 9.88 Å². The van der Waals surface area contributed by atoms with Crippen LogP contribution in [0.25, 0.3) is 11.0 Å². The summed E-state index contributed by atoms with van der Waals surface area (Å²) in [4.78, 5) is 30.3. The molecule has 3 unspecified atom stereocenters. The quantitative estimate of drug-likeness (QED) is 0.914. The van der Waals surface area contributed by atoms with Gasteiger partial charge in [0.25, 0.3) is 0 Å². The first-order valence-electron chi connectivity index (χ1n) is 9.69. The number of rotatable bonds is 2. The molecule has 0 spiro atoms. The first kappa shape index (κ1) is 15.2. The molecule has 3 atom stereocenters. The smallest absolute Gasteiger partial charge is 0.326 e. The van der Waals surface area contributed by atoms with Crippen molar-refractivity contribution in [3.8, 4) is 0 Å². The molecule has 5 rings (SSSR count). The number of piperidine rings is 1. The van der Waals surface area contributed by atoms with Crippen molar-refractivity contribution >= 4 is 16.9 Å². The number of likely N-dealkylation sites (tertiary alicyclic amines) is 1. The number of nitrogens with zero attached hydrogens (tertiary/aromatic N) is 2. The number of carbonyl (C=O) groups is 1. The highest BCUT2D eigenvalue weighted by Crippen LogP contribution is 2.49. The maximum absolute atomic E-state index is 12.9. The van der Waals surface area contributed by atoms with Crippen LogP contribution in [-0.2, 0) is 4.79 Å². The second kappa shape index (κ2) is 5.75. The van der Waals surface area contributed by atoms with Crippen LogP contribution >= 0.6 is 0 Å². The third kappa shape index (κ3) is 2.43. The summed E-state index contributed by atoms with van der Waals surface area (Å²) in [5, 5.41) is 0. The van der Waals surface area contributed by atoms with E-state index in [0.29, 0.717) is 11.8 Å². The number of para-hydroxylation sites is 2. The summed E-state index contributed by atoms with van der Waals surface area (Å²) in [5.74, 6) is 2.12. The largest absolute Gasteiger partial charge is 0.342 e. The average molecular weight is 339 g/mol. The van der Waals surface area contributed by atoms with Gasteiger partial charge in [0.1, 0.15) is 0 Å². The molecule has 5 heteroatoms. The Bertz CT molecular complexity index is 859. The molecule has 132 valence electrons. The van der Waals surface area contributed by atoms with Crippen molar-refractivity contribution in [2.45, 2.75) is 44.6 Å². The summed E-state index contributed by atoms with van der Waals surface area (Å²) >= 11 is 0. The number of fused-ring (bicyclic) bond motifs is 3. The Hall–Kier alpha value is -2.04. The Kier molecular flexibility index (Phi) is 3.50. The molecule has 2 aromatic rings. The van der Waals surface area contributed by atoms with Gasteiger partial charge < -0.3 is 9.88 Å². The highest BCUT2D eigenvalue weighted by molar-refractivity contribution is 5.80. The molecule has 1 saturated heterocycles. The number of aromatic nitrogens is 2. The van der Waals surface area contributed by atoms with Gasteiger partial charge in [0.2, 0.25) is 5.91 Å². The second-order valence-corrected chi connectivity index (χ2v) is 8.16. The number of aromatic amines is 1. The van der Waals surface area contributed by atoms with Gasteiger partial charge in [-0.15, -0.1) is 0 Å². The number of hydrogen-bond acceptors (Lipinski definition) is 2. The Morgan fingerprint density at radius 3 is 2.56 bits per heavy atom. The lowest BCUT2D eigenvalue weighted by molar-refractivity contribution is -0.138. The molecule has 1 aromatic heterocycles. The third-order valence-corrected chi connectivity index (χ3v) is 6.82. The fraction of sp³-hybridized carbons (Fsp3) is 0.600. The van der Waals surface area contributed by atoms with Gasteiger partial charge in [-0.1, -0.05) is 18.6 Å². The number of amides is 1. The molecule has 1 aromatic carbocycles. The zero-order chi connectivity index (χ0) is 17.0. The second-order valence-electron chi connectivity index (χ2n) is 8.16. The minimum absolute atomic E-state index is 0.0286. The van der Waals surface area contributed by atoms with E-state index >= 15 is 0 Å². The van der Waals surface area contributed by atoms with Crippen molar-refractivity contribution in [2.24, 2.45) is 17.8 Å². The standard InChI is InChI=1S/C20H25N3O2/c24-19(16-12-13-5-6-14(16)11-13)22-9-7-15(8-10-22)23-18-4-2-1-3-17(18)21-20(23)25/h1-4,13-16H,5-12H2,(H,21,25). The van der Waals surface area contributed by atoms with Crippen LogP contribution in [0.5, 0.6) is 0 Å². The molecule has 5 nitrogen and oxygen atoms in total. The van der Waals surface area contributed by atoms with Gasteiger partial charge in [0, 0.05) is 25.0 Å². The molecular weight excluding hydrogens is 314 g/mol. The van der Waals surface area contributed by atoms with Gasteiger partial charge in [-0.25, -0.2) is 4.79 Å². The van der Waals surface area contributed by atoms with Gasteiger partial charge >= 0.3 is 5.69 Å². The highest BCUT2D eigenvalue weighted by Gasteiger charge is 2.44. The molecule has 1 N–H and O–H groups in total. The third-order valence-electron chi connectivity index (χ3n) is 6.82. The van der Waals surface area contributed by atoms with Crippen LogP contribution in [0.1, 0.15) is 44.6 Å². The van der Waals surface area contributed by atoms with Gasteiger partial charge in [-0.3, -0.25) is 9.36 Å². The van der Waals surface area contributed by atoms with E-state index in [9.17, 15) is 9.59 Å². The van der Waals surface area contributed by atoms with E-state index < -0.39 is 0 Å².